The molecule has 0 atom stereocenters. The van der Waals surface area contributed by atoms with Crippen molar-refractivity contribution in [1.82, 2.24) is 15.0 Å². The topological polar surface area (TPSA) is 69.0 Å². The number of benzene rings is 2. The second-order valence-corrected chi connectivity index (χ2v) is 5.29. The highest BCUT2D eigenvalue weighted by molar-refractivity contribution is 6.03. The number of carbonyl (C=O) groups is 1. The molecule has 134 valence electrons. The Morgan fingerprint density at radius 3 is 2.50 bits per heavy atom. The summed E-state index contributed by atoms with van der Waals surface area (Å²) >= 11 is 0. The Hall–Kier alpha value is -3.36. The number of nitrogens with zero attached hydrogens (tertiary/aromatic N) is 3. The Labute approximate surface area is 146 Å². The fourth-order valence-corrected chi connectivity index (χ4v) is 2.22. The molecule has 0 aliphatic rings. The first-order valence-electron chi connectivity index (χ1n) is 7.51. The molecule has 1 aromatic heterocycles. The van der Waals surface area contributed by atoms with E-state index in [0.717, 1.165) is 11.6 Å². The standard InChI is InChI=1S/C17H13F3N4O2/c18-17(19,20)26-15-9-5-4-8-13(15)21-16(25)14-11-24(23-22-14)10-12-6-2-1-3-7-12/h1-9,11H,10H2,(H,21,25). The van der Waals surface area contributed by atoms with Gasteiger partial charge in [-0.2, -0.15) is 0 Å². The lowest BCUT2D eigenvalue weighted by molar-refractivity contribution is -0.274. The fourth-order valence-electron chi connectivity index (χ4n) is 2.22. The molecule has 26 heavy (non-hydrogen) atoms. The zero-order valence-corrected chi connectivity index (χ0v) is 13.3. The molecule has 0 saturated heterocycles. The van der Waals surface area contributed by atoms with E-state index in [4.69, 9.17) is 0 Å². The van der Waals surface area contributed by atoms with Gasteiger partial charge in [-0.25, -0.2) is 4.68 Å². The highest BCUT2D eigenvalue weighted by Gasteiger charge is 2.32. The SMILES string of the molecule is O=C(Nc1ccccc1OC(F)(F)F)c1cn(Cc2ccccc2)nn1. The van der Waals surface area contributed by atoms with Crippen LogP contribution in [0.15, 0.2) is 60.8 Å². The Balaban J connectivity index is 1.71. The molecule has 0 spiro atoms. The number of hydrogen-bond donors (Lipinski definition) is 1. The van der Waals surface area contributed by atoms with Crippen LogP contribution in [0.3, 0.4) is 0 Å². The van der Waals surface area contributed by atoms with Crippen LogP contribution in [0.2, 0.25) is 0 Å². The summed E-state index contributed by atoms with van der Waals surface area (Å²) < 4.78 is 42.7. The predicted molar refractivity (Wildman–Crippen MR) is 86.6 cm³/mol. The molecule has 3 aromatic rings. The first kappa shape index (κ1) is 17.5. The van der Waals surface area contributed by atoms with Gasteiger partial charge in [-0.15, -0.1) is 18.3 Å². The summed E-state index contributed by atoms with van der Waals surface area (Å²) in [4.78, 5) is 12.2. The van der Waals surface area contributed by atoms with Crippen LogP contribution in [-0.4, -0.2) is 27.3 Å². The van der Waals surface area contributed by atoms with E-state index in [1.807, 2.05) is 30.3 Å². The van der Waals surface area contributed by atoms with Crippen molar-refractivity contribution in [3.8, 4) is 5.75 Å². The molecule has 0 aliphatic carbocycles. The van der Waals surface area contributed by atoms with E-state index in [1.165, 1.54) is 29.1 Å². The van der Waals surface area contributed by atoms with Crippen molar-refractivity contribution in [2.24, 2.45) is 0 Å². The number of hydrogen-bond acceptors (Lipinski definition) is 4. The van der Waals surface area contributed by atoms with Gasteiger partial charge in [0, 0.05) is 0 Å². The molecule has 0 unspecified atom stereocenters. The Morgan fingerprint density at radius 1 is 1.08 bits per heavy atom. The van der Waals surface area contributed by atoms with Crippen molar-refractivity contribution in [2.45, 2.75) is 12.9 Å². The molecule has 1 heterocycles. The van der Waals surface area contributed by atoms with E-state index in [-0.39, 0.29) is 11.4 Å². The van der Waals surface area contributed by atoms with Crippen molar-refractivity contribution < 1.29 is 22.7 Å². The van der Waals surface area contributed by atoms with Crippen molar-refractivity contribution in [3.63, 3.8) is 0 Å². The quantitative estimate of drug-likeness (QED) is 0.755. The maximum absolute atomic E-state index is 12.4. The molecular formula is C17H13F3N4O2. The first-order chi connectivity index (χ1) is 12.4. The molecular weight excluding hydrogens is 349 g/mol. The van der Waals surface area contributed by atoms with E-state index >= 15 is 0 Å². The van der Waals surface area contributed by atoms with Crippen LogP contribution in [0.4, 0.5) is 18.9 Å². The molecule has 9 heteroatoms. The van der Waals surface area contributed by atoms with Crippen molar-refractivity contribution in [1.29, 1.82) is 0 Å². The van der Waals surface area contributed by atoms with Gasteiger partial charge in [0.05, 0.1) is 18.4 Å². The van der Waals surface area contributed by atoms with E-state index in [0.29, 0.717) is 6.54 Å². The lowest BCUT2D eigenvalue weighted by Crippen LogP contribution is -2.19. The average molecular weight is 362 g/mol. The number of alkyl halides is 3. The molecule has 3 rings (SSSR count). The maximum Gasteiger partial charge on any atom is 0.573 e. The summed E-state index contributed by atoms with van der Waals surface area (Å²) in [6, 6.07) is 14.7. The molecule has 0 saturated carbocycles. The minimum atomic E-state index is -4.86. The average Bonchev–Trinajstić information content (AvgIpc) is 3.05. The predicted octanol–water partition coefficient (Wildman–Crippen LogP) is 3.48. The Kier molecular flexibility index (Phi) is 4.87. The van der Waals surface area contributed by atoms with Crippen LogP contribution in [0, 0.1) is 0 Å². The third-order valence-corrected chi connectivity index (χ3v) is 3.32. The lowest BCUT2D eigenvalue weighted by atomic mass is 10.2. The van der Waals surface area contributed by atoms with Crippen molar-refractivity contribution in [2.75, 3.05) is 5.32 Å². The maximum atomic E-state index is 12.4. The molecule has 1 N–H and O–H groups in total. The number of amides is 1. The third kappa shape index (κ3) is 4.59. The molecule has 0 radical (unpaired) electrons. The number of halogens is 3. The summed E-state index contributed by atoms with van der Waals surface area (Å²) in [6.07, 6.45) is -3.45. The Morgan fingerprint density at radius 2 is 1.77 bits per heavy atom. The van der Waals surface area contributed by atoms with Crippen LogP contribution >= 0.6 is 0 Å². The van der Waals surface area contributed by atoms with Crippen LogP contribution in [0.25, 0.3) is 0 Å². The van der Waals surface area contributed by atoms with Gasteiger partial charge in [-0.1, -0.05) is 47.7 Å². The smallest absolute Gasteiger partial charge is 0.404 e. The fraction of sp³-hybridized carbons (Fsp3) is 0.118. The number of para-hydroxylation sites is 2. The number of carbonyl (C=O) groups excluding carboxylic acids is 1. The summed E-state index contributed by atoms with van der Waals surface area (Å²) in [5.41, 5.74) is 0.823. The molecule has 0 fully saturated rings. The zero-order chi connectivity index (χ0) is 18.6. The van der Waals surface area contributed by atoms with Crippen molar-refractivity contribution >= 4 is 11.6 Å². The van der Waals surface area contributed by atoms with Gasteiger partial charge in [-0.05, 0) is 17.7 Å². The van der Waals surface area contributed by atoms with E-state index in [9.17, 15) is 18.0 Å². The summed E-state index contributed by atoms with van der Waals surface area (Å²) in [5, 5.41) is 9.95. The largest absolute Gasteiger partial charge is 0.573 e. The van der Waals surface area contributed by atoms with E-state index < -0.39 is 18.0 Å². The van der Waals surface area contributed by atoms with Crippen LogP contribution in [0.1, 0.15) is 16.1 Å². The third-order valence-electron chi connectivity index (χ3n) is 3.32. The molecule has 1 amide bonds. The highest BCUT2D eigenvalue weighted by atomic mass is 19.4. The number of nitrogens with one attached hydrogen (secondary N) is 1. The number of ether oxygens (including phenoxy) is 1. The molecule has 0 aliphatic heterocycles. The second kappa shape index (κ2) is 7.26. The van der Waals surface area contributed by atoms with Gasteiger partial charge in [0.2, 0.25) is 0 Å². The number of rotatable bonds is 5. The van der Waals surface area contributed by atoms with Crippen LogP contribution in [0.5, 0.6) is 5.75 Å². The summed E-state index contributed by atoms with van der Waals surface area (Å²) in [5.74, 6) is -1.20. The molecule has 6 nitrogen and oxygen atoms in total. The van der Waals surface area contributed by atoms with Gasteiger partial charge in [0.1, 0.15) is 0 Å². The summed E-state index contributed by atoms with van der Waals surface area (Å²) in [7, 11) is 0. The van der Waals surface area contributed by atoms with Gasteiger partial charge in [0.15, 0.2) is 11.4 Å². The highest BCUT2D eigenvalue weighted by Crippen LogP contribution is 2.30. The van der Waals surface area contributed by atoms with Gasteiger partial charge in [0.25, 0.3) is 5.91 Å². The zero-order valence-electron chi connectivity index (χ0n) is 13.3. The first-order valence-corrected chi connectivity index (χ1v) is 7.51. The van der Waals surface area contributed by atoms with E-state index in [1.54, 1.807) is 0 Å². The minimum absolute atomic E-state index is 0.0252. The van der Waals surface area contributed by atoms with Gasteiger partial charge < -0.3 is 10.1 Å². The normalized spacial score (nSPS) is 11.2. The second-order valence-electron chi connectivity index (χ2n) is 5.29. The van der Waals surface area contributed by atoms with Crippen LogP contribution < -0.4 is 10.1 Å². The van der Waals surface area contributed by atoms with Crippen molar-refractivity contribution in [3.05, 3.63) is 72.1 Å². The van der Waals surface area contributed by atoms with Crippen LogP contribution in [-0.2, 0) is 6.54 Å². The van der Waals surface area contributed by atoms with Gasteiger partial charge >= 0.3 is 6.36 Å². The van der Waals surface area contributed by atoms with Gasteiger partial charge in [-0.3, -0.25) is 4.79 Å². The lowest BCUT2D eigenvalue weighted by Gasteiger charge is -2.13. The Bertz CT molecular complexity index is 894. The molecule has 0 bridgehead atoms. The monoisotopic (exact) mass is 362 g/mol. The summed E-state index contributed by atoms with van der Waals surface area (Å²) in [6.45, 7) is 0.412. The number of anilines is 1. The van der Waals surface area contributed by atoms with E-state index in [2.05, 4.69) is 20.4 Å². The minimum Gasteiger partial charge on any atom is -0.404 e. The molecule has 2 aromatic carbocycles. The number of aromatic nitrogens is 3.